The highest BCUT2D eigenvalue weighted by Gasteiger charge is 2.07. The lowest BCUT2D eigenvalue weighted by atomic mass is 10.1. The zero-order valence-electron chi connectivity index (χ0n) is 13.2. The highest BCUT2D eigenvalue weighted by Crippen LogP contribution is 2.22. The summed E-state index contributed by atoms with van der Waals surface area (Å²) in [5.41, 5.74) is 7.32. The molecule has 0 aliphatic rings. The molecule has 0 saturated heterocycles. The lowest BCUT2D eigenvalue weighted by Gasteiger charge is -2.10. The van der Waals surface area contributed by atoms with Crippen molar-refractivity contribution in [1.29, 1.82) is 0 Å². The van der Waals surface area contributed by atoms with Crippen LogP contribution in [0.5, 0.6) is 0 Å². The van der Waals surface area contributed by atoms with Crippen molar-refractivity contribution >= 4 is 29.1 Å². The van der Waals surface area contributed by atoms with Gasteiger partial charge < -0.3 is 16.4 Å². The number of aryl methyl sites for hydroxylation is 1. The molecule has 0 aromatic heterocycles. The van der Waals surface area contributed by atoms with Crippen LogP contribution >= 0.6 is 11.6 Å². The molecule has 0 fully saturated rings. The number of hydrogen-bond acceptors (Lipinski definition) is 3. The van der Waals surface area contributed by atoms with Crippen molar-refractivity contribution in [3.8, 4) is 0 Å². The van der Waals surface area contributed by atoms with Crippen LogP contribution in [0.2, 0.25) is 5.02 Å². The maximum atomic E-state index is 11.8. The van der Waals surface area contributed by atoms with Gasteiger partial charge in [-0.05, 0) is 36.6 Å². The second kappa shape index (κ2) is 8.93. The number of carbonyl (C=O) groups is 2. The summed E-state index contributed by atoms with van der Waals surface area (Å²) in [5.74, 6) is -0.677. The lowest BCUT2D eigenvalue weighted by Crippen LogP contribution is -2.30. The van der Waals surface area contributed by atoms with Gasteiger partial charge in [0.2, 0.25) is 11.8 Å². The van der Waals surface area contributed by atoms with Crippen molar-refractivity contribution in [2.75, 3.05) is 18.4 Å². The van der Waals surface area contributed by atoms with E-state index in [1.54, 1.807) is 12.1 Å². The van der Waals surface area contributed by atoms with Crippen molar-refractivity contribution < 1.29 is 9.59 Å². The second-order valence-corrected chi connectivity index (χ2v) is 5.76. The number of primary amides is 1. The molecule has 0 aliphatic carbocycles. The molecule has 0 aliphatic heterocycles. The van der Waals surface area contributed by atoms with Crippen LogP contribution in [0.4, 0.5) is 5.69 Å². The molecule has 5 nitrogen and oxygen atoms in total. The van der Waals surface area contributed by atoms with Gasteiger partial charge in [0.1, 0.15) is 0 Å². The fourth-order valence-corrected chi connectivity index (χ4v) is 2.40. The minimum Gasteiger partial charge on any atom is -0.375 e. The van der Waals surface area contributed by atoms with E-state index in [0.29, 0.717) is 22.8 Å². The van der Waals surface area contributed by atoms with Crippen LogP contribution in [-0.4, -0.2) is 24.9 Å². The molecule has 0 saturated carbocycles. The van der Waals surface area contributed by atoms with Gasteiger partial charge in [-0.3, -0.25) is 9.59 Å². The van der Waals surface area contributed by atoms with Crippen LogP contribution in [0.15, 0.2) is 48.5 Å². The minimum absolute atomic E-state index is 0.0767. The molecule has 0 bridgehead atoms. The summed E-state index contributed by atoms with van der Waals surface area (Å²) < 4.78 is 0. The van der Waals surface area contributed by atoms with Crippen molar-refractivity contribution in [1.82, 2.24) is 5.32 Å². The smallest absolute Gasteiger partial charge is 0.248 e. The summed E-state index contributed by atoms with van der Waals surface area (Å²) in [7, 11) is 0. The van der Waals surface area contributed by atoms with Gasteiger partial charge in [0.05, 0.1) is 17.3 Å². The molecule has 0 unspecified atom stereocenters. The molecule has 126 valence electrons. The van der Waals surface area contributed by atoms with Gasteiger partial charge in [-0.1, -0.05) is 41.9 Å². The first-order valence-electron chi connectivity index (χ1n) is 7.70. The standard InChI is InChI=1S/C18H20ClN3O2/c19-15-9-8-14(18(20)24)11-16(15)22-12-17(23)21-10-4-7-13-5-2-1-3-6-13/h1-3,5-6,8-9,11,22H,4,7,10,12H2,(H2,20,24)(H,21,23). The third-order valence-electron chi connectivity index (χ3n) is 3.50. The van der Waals surface area contributed by atoms with Crippen LogP contribution in [-0.2, 0) is 11.2 Å². The summed E-state index contributed by atoms with van der Waals surface area (Å²) in [6, 6.07) is 14.8. The zero-order valence-corrected chi connectivity index (χ0v) is 14.0. The van der Waals surface area contributed by atoms with Gasteiger partial charge >= 0.3 is 0 Å². The number of carbonyl (C=O) groups excluding carboxylic acids is 2. The molecular formula is C18H20ClN3O2. The topological polar surface area (TPSA) is 84.2 Å². The Bertz CT molecular complexity index is 705. The number of hydrogen-bond donors (Lipinski definition) is 3. The highest BCUT2D eigenvalue weighted by atomic mass is 35.5. The first-order chi connectivity index (χ1) is 11.6. The molecule has 0 heterocycles. The largest absolute Gasteiger partial charge is 0.375 e. The van der Waals surface area contributed by atoms with Crippen LogP contribution in [0.3, 0.4) is 0 Å². The minimum atomic E-state index is -0.542. The zero-order chi connectivity index (χ0) is 17.4. The van der Waals surface area contributed by atoms with Crippen LogP contribution in [0.1, 0.15) is 22.3 Å². The Morgan fingerprint density at radius 2 is 1.83 bits per heavy atom. The molecule has 2 aromatic carbocycles. The average Bonchev–Trinajstić information content (AvgIpc) is 2.58. The average molecular weight is 346 g/mol. The summed E-state index contributed by atoms with van der Waals surface area (Å²) in [6.07, 6.45) is 1.79. The van der Waals surface area contributed by atoms with Gasteiger partial charge in [-0.25, -0.2) is 0 Å². The molecular weight excluding hydrogens is 326 g/mol. The Morgan fingerprint density at radius 1 is 1.08 bits per heavy atom. The molecule has 24 heavy (non-hydrogen) atoms. The molecule has 0 radical (unpaired) electrons. The number of halogens is 1. The van der Waals surface area contributed by atoms with Crippen molar-refractivity contribution in [3.05, 3.63) is 64.7 Å². The first-order valence-corrected chi connectivity index (χ1v) is 8.08. The van der Waals surface area contributed by atoms with Crippen molar-refractivity contribution in [2.45, 2.75) is 12.8 Å². The van der Waals surface area contributed by atoms with Crippen molar-refractivity contribution in [3.63, 3.8) is 0 Å². The van der Waals surface area contributed by atoms with E-state index in [1.165, 1.54) is 11.6 Å². The lowest BCUT2D eigenvalue weighted by molar-refractivity contribution is -0.119. The van der Waals surface area contributed by atoms with E-state index in [9.17, 15) is 9.59 Å². The van der Waals surface area contributed by atoms with Crippen LogP contribution in [0, 0.1) is 0 Å². The third kappa shape index (κ3) is 5.59. The van der Waals surface area contributed by atoms with Gasteiger partial charge in [-0.2, -0.15) is 0 Å². The summed E-state index contributed by atoms with van der Waals surface area (Å²) in [4.78, 5) is 23.0. The Hall–Kier alpha value is -2.53. The number of nitrogens with one attached hydrogen (secondary N) is 2. The Morgan fingerprint density at radius 3 is 2.54 bits per heavy atom. The fraction of sp³-hybridized carbons (Fsp3) is 0.222. The molecule has 2 amide bonds. The summed E-state index contributed by atoms with van der Waals surface area (Å²) in [6.45, 7) is 0.678. The predicted octanol–water partition coefficient (Wildman–Crippen LogP) is 2.60. The summed E-state index contributed by atoms with van der Waals surface area (Å²) in [5, 5.41) is 6.19. The Kier molecular flexibility index (Phi) is 6.63. The van der Waals surface area contributed by atoms with Crippen molar-refractivity contribution in [2.24, 2.45) is 5.73 Å². The van der Waals surface area contributed by atoms with E-state index in [0.717, 1.165) is 12.8 Å². The van der Waals surface area contributed by atoms with Gasteiger partial charge in [0, 0.05) is 12.1 Å². The predicted molar refractivity (Wildman–Crippen MR) is 96.2 cm³/mol. The van der Waals surface area contributed by atoms with Gasteiger partial charge in [0.15, 0.2) is 0 Å². The number of nitrogens with two attached hydrogens (primary N) is 1. The number of anilines is 1. The Balaban J connectivity index is 1.73. The van der Waals surface area contributed by atoms with E-state index in [4.69, 9.17) is 17.3 Å². The third-order valence-corrected chi connectivity index (χ3v) is 3.83. The normalized spacial score (nSPS) is 10.2. The molecule has 0 spiro atoms. The Labute approximate surface area is 146 Å². The highest BCUT2D eigenvalue weighted by molar-refractivity contribution is 6.33. The molecule has 2 aromatic rings. The SMILES string of the molecule is NC(=O)c1ccc(Cl)c(NCC(=O)NCCCc2ccccc2)c1. The first kappa shape index (κ1) is 17.8. The maximum absolute atomic E-state index is 11.8. The van der Waals surface area contributed by atoms with E-state index in [2.05, 4.69) is 22.8 Å². The van der Waals surface area contributed by atoms with Gasteiger partial charge in [0.25, 0.3) is 0 Å². The maximum Gasteiger partial charge on any atom is 0.248 e. The van der Waals surface area contributed by atoms with Gasteiger partial charge in [-0.15, -0.1) is 0 Å². The van der Waals surface area contributed by atoms with E-state index in [-0.39, 0.29) is 12.5 Å². The molecule has 2 rings (SSSR count). The monoisotopic (exact) mass is 345 g/mol. The van der Waals surface area contributed by atoms with E-state index >= 15 is 0 Å². The van der Waals surface area contributed by atoms with E-state index in [1.807, 2.05) is 18.2 Å². The molecule has 4 N–H and O–H groups in total. The fourth-order valence-electron chi connectivity index (χ4n) is 2.22. The molecule has 0 atom stereocenters. The van der Waals surface area contributed by atoms with E-state index < -0.39 is 5.91 Å². The van der Waals surface area contributed by atoms with Crippen LogP contribution in [0.25, 0.3) is 0 Å². The number of amides is 2. The number of rotatable bonds is 8. The second-order valence-electron chi connectivity index (χ2n) is 5.35. The quantitative estimate of drug-likeness (QED) is 0.643. The summed E-state index contributed by atoms with van der Waals surface area (Å²) >= 11 is 6.03. The van der Waals surface area contributed by atoms with Crippen LogP contribution < -0.4 is 16.4 Å². The molecule has 6 heteroatoms. The number of benzene rings is 2.